The van der Waals surface area contributed by atoms with Crippen LogP contribution in [0.25, 0.3) is 21.9 Å². The number of nitrogens with zero attached hydrogens (tertiary/aromatic N) is 2. The van der Waals surface area contributed by atoms with E-state index in [9.17, 15) is 13.7 Å². The minimum atomic E-state index is -3.40. The van der Waals surface area contributed by atoms with Crippen molar-refractivity contribution >= 4 is 26.5 Å². The lowest BCUT2D eigenvalue weighted by Crippen LogP contribution is -2.10. The van der Waals surface area contributed by atoms with E-state index in [4.69, 9.17) is 0 Å². The first-order valence-electron chi connectivity index (χ1n) is 6.83. The summed E-state index contributed by atoms with van der Waals surface area (Å²) in [5.41, 5.74) is 2.51. The number of benzene rings is 2. The molecule has 3 rings (SSSR count). The Morgan fingerprint density at radius 2 is 1.78 bits per heavy atom. The zero-order chi connectivity index (χ0) is 16.4. The number of nitrogens with one attached hydrogen (secondary N) is 1. The molecule has 114 valence electrons. The van der Waals surface area contributed by atoms with Gasteiger partial charge in [-0.15, -0.1) is 0 Å². The summed E-state index contributed by atoms with van der Waals surface area (Å²) in [5, 5.41) is 10.9. The van der Waals surface area contributed by atoms with E-state index < -0.39 is 10.0 Å². The zero-order valence-electron chi connectivity index (χ0n) is 12.3. The predicted octanol–water partition coefficient (Wildman–Crippen LogP) is 3.14. The SMILES string of the molecule is CS(=O)(=O)Nc1ccncc1-c1ccc(C#N)c2ccccc12. The van der Waals surface area contributed by atoms with Gasteiger partial charge in [0.15, 0.2) is 0 Å². The summed E-state index contributed by atoms with van der Waals surface area (Å²) in [5.74, 6) is 0. The van der Waals surface area contributed by atoms with Gasteiger partial charge in [-0.25, -0.2) is 8.42 Å². The first kappa shape index (κ1) is 15.0. The molecule has 6 heteroatoms. The van der Waals surface area contributed by atoms with E-state index in [0.29, 0.717) is 16.8 Å². The highest BCUT2D eigenvalue weighted by Crippen LogP contribution is 2.34. The molecule has 1 N–H and O–H groups in total. The van der Waals surface area contributed by atoms with Crippen molar-refractivity contribution < 1.29 is 8.42 Å². The maximum absolute atomic E-state index is 11.6. The highest BCUT2D eigenvalue weighted by atomic mass is 32.2. The van der Waals surface area contributed by atoms with Crippen molar-refractivity contribution in [2.45, 2.75) is 0 Å². The van der Waals surface area contributed by atoms with Gasteiger partial charge in [-0.05, 0) is 23.1 Å². The van der Waals surface area contributed by atoms with Crippen LogP contribution in [0.1, 0.15) is 5.56 Å². The lowest BCUT2D eigenvalue weighted by molar-refractivity contribution is 0.607. The summed E-state index contributed by atoms with van der Waals surface area (Å²) in [6.07, 6.45) is 4.25. The fourth-order valence-electron chi connectivity index (χ4n) is 2.53. The fraction of sp³-hybridized carbons (Fsp3) is 0.0588. The van der Waals surface area contributed by atoms with Crippen molar-refractivity contribution in [2.75, 3.05) is 11.0 Å². The molecule has 5 nitrogen and oxygen atoms in total. The maximum atomic E-state index is 11.6. The summed E-state index contributed by atoms with van der Waals surface area (Å²) < 4.78 is 25.7. The standard InChI is InChI=1S/C17H13N3O2S/c1-23(21,22)20-17-8-9-19-11-16(17)15-7-6-12(10-18)13-4-2-3-5-14(13)15/h2-9,11H,1H3,(H,19,20). The lowest BCUT2D eigenvalue weighted by atomic mass is 9.95. The molecule has 0 aliphatic carbocycles. The number of aromatic nitrogens is 1. The minimum Gasteiger partial charge on any atom is -0.283 e. The van der Waals surface area contributed by atoms with Crippen LogP contribution < -0.4 is 4.72 Å². The third-order valence-electron chi connectivity index (χ3n) is 3.45. The zero-order valence-corrected chi connectivity index (χ0v) is 13.1. The Balaban J connectivity index is 2.29. The molecule has 2 aromatic carbocycles. The minimum absolute atomic E-state index is 0.456. The van der Waals surface area contributed by atoms with E-state index in [1.54, 1.807) is 18.3 Å². The Hall–Kier alpha value is -2.91. The molecule has 0 aliphatic rings. The highest BCUT2D eigenvalue weighted by molar-refractivity contribution is 7.92. The van der Waals surface area contributed by atoms with Gasteiger partial charge in [-0.1, -0.05) is 30.3 Å². The van der Waals surface area contributed by atoms with Crippen LogP contribution in [0.3, 0.4) is 0 Å². The van der Waals surface area contributed by atoms with Crippen LogP contribution >= 0.6 is 0 Å². The molecule has 0 fully saturated rings. The summed E-state index contributed by atoms with van der Waals surface area (Å²) in [6, 6.07) is 14.9. The Labute approximate surface area is 134 Å². The average molecular weight is 323 g/mol. The van der Waals surface area contributed by atoms with Crippen molar-refractivity contribution in [3.8, 4) is 17.2 Å². The molecule has 0 spiro atoms. The van der Waals surface area contributed by atoms with Crippen LogP contribution in [0.5, 0.6) is 0 Å². The number of hydrogen-bond donors (Lipinski definition) is 1. The van der Waals surface area contributed by atoms with Crippen molar-refractivity contribution in [2.24, 2.45) is 0 Å². The molecule has 3 aromatic rings. The Bertz CT molecular complexity index is 1040. The topological polar surface area (TPSA) is 82.8 Å². The second-order valence-corrected chi connectivity index (χ2v) is 6.86. The van der Waals surface area contributed by atoms with Gasteiger partial charge >= 0.3 is 0 Å². The molecule has 0 saturated carbocycles. The molecule has 23 heavy (non-hydrogen) atoms. The van der Waals surface area contributed by atoms with Gasteiger partial charge in [-0.2, -0.15) is 5.26 Å². The average Bonchev–Trinajstić information content (AvgIpc) is 2.53. The summed E-state index contributed by atoms with van der Waals surface area (Å²) in [6.45, 7) is 0. The maximum Gasteiger partial charge on any atom is 0.229 e. The van der Waals surface area contributed by atoms with E-state index in [0.717, 1.165) is 22.6 Å². The molecule has 0 aliphatic heterocycles. The molecule has 1 heterocycles. The van der Waals surface area contributed by atoms with Crippen LogP contribution in [0.15, 0.2) is 54.9 Å². The van der Waals surface area contributed by atoms with E-state index in [-0.39, 0.29) is 0 Å². The predicted molar refractivity (Wildman–Crippen MR) is 90.4 cm³/mol. The van der Waals surface area contributed by atoms with Gasteiger partial charge in [0.2, 0.25) is 10.0 Å². The van der Waals surface area contributed by atoms with Crippen molar-refractivity contribution in [3.63, 3.8) is 0 Å². The number of anilines is 1. The number of sulfonamides is 1. The number of rotatable bonds is 3. The molecular weight excluding hydrogens is 310 g/mol. The smallest absolute Gasteiger partial charge is 0.229 e. The van der Waals surface area contributed by atoms with Crippen molar-refractivity contribution in [3.05, 3.63) is 60.4 Å². The Morgan fingerprint density at radius 3 is 2.48 bits per heavy atom. The number of nitriles is 1. The number of pyridine rings is 1. The van der Waals surface area contributed by atoms with Crippen LogP contribution in [0, 0.1) is 11.3 Å². The third-order valence-corrected chi connectivity index (χ3v) is 4.04. The second-order valence-electron chi connectivity index (χ2n) is 5.11. The third kappa shape index (κ3) is 3.00. The molecule has 0 amide bonds. The van der Waals surface area contributed by atoms with Crippen LogP contribution in [-0.2, 0) is 10.0 Å². The van der Waals surface area contributed by atoms with Gasteiger partial charge in [0, 0.05) is 23.3 Å². The van der Waals surface area contributed by atoms with Crippen LogP contribution in [0.2, 0.25) is 0 Å². The van der Waals surface area contributed by atoms with Gasteiger partial charge in [0.05, 0.1) is 23.6 Å². The first-order valence-corrected chi connectivity index (χ1v) is 8.73. The Kier molecular flexibility index (Phi) is 3.72. The van der Waals surface area contributed by atoms with Gasteiger partial charge in [0.1, 0.15) is 0 Å². The number of hydrogen-bond acceptors (Lipinski definition) is 4. The summed E-state index contributed by atoms with van der Waals surface area (Å²) >= 11 is 0. The normalized spacial score (nSPS) is 11.1. The largest absolute Gasteiger partial charge is 0.283 e. The Morgan fingerprint density at radius 1 is 1.04 bits per heavy atom. The van der Waals surface area contributed by atoms with E-state index in [2.05, 4.69) is 15.8 Å². The number of fused-ring (bicyclic) bond motifs is 1. The highest BCUT2D eigenvalue weighted by Gasteiger charge is 2.13. The van der Waals surface area contributed by atoms with Gasteiger partial charge in [0.25, 0.3) is 0 Å². The molecular formula is C17H13N3O2S. The molecule has 0 unspecified atom stereocenters. The quantitative estimate of drug-likeness (QED) is 0.802. The first-order chi connectivity index (χ1) is 11.0. The molecule has 0 saturated heterocycles. The monoisotopic (exact) mass is 323 g/mol. The van der Waals surface area contributed by atoms with Gasteiger partial charge < -0.3 is 0 Å². The van der Waals surface area contributed by atoms with Crippen LogP contribution in [0.4, 0.5) is 5.69 Å². The molecule has 0 atom stereocenters. The summed E-state index contributed by atoms with van der Waals surface area (Å²) in [4.78, 5) is 4.10. The van der Waals surface area contributed by atoms with E-state index in [1.807, 2.05) is 30.3 Å². The molecule has 1 aromatic heterocycles. The van der Waals surface area contributed by atoms with Crippen molar-refractivity contribution in [1.82, 2.24) is 4.98 Å². The van der Waals surface area contributed by atoms with Crippen LogP contribution in [-0.4, -0.2) is 19.7 Å². The second kappa shape index (κ2) is 5.71. The molecule has 0 bridgehead atoms. The summed E-state index contributed by atoms with van der Waals surface area (Å²) in [7, 11) is -3.40. The lowest BCUT2D eigenvalue weighted by Gasteiger charge is -2.13. The fourth-order valence-corrected chi connectivity index (χ4v) is 3.11. The van der Waals surface area contributed by atoms with E-state index in [1.165, 1.54) is 6.20 Å². The van der Waals surface area contributed by atoms with Crippen molar-refractivity contribution in [1.29, 1.82) is 5.26 Å². The van der Waals surface area contributed by atoms with Gasteiger partial charge in [-0.3, -0.25) is 9.71 Å². The molecule has 0 radical (unpaired) electrons. The van der Waals surface area contributed by atoms with E-state index >= 15 is 0 Å².